The van der Waals surface area contributed by atoms with Gasteiger partial charge in [-0.2, -0.15) is 0 Å². The number of hydrogen-bond donors (Lipinski definition) is 1. The summed E-state index contributed by atoms with van der Waals surface area (Å²) < 4.78 is 1.91. The molecule has 0 amide bonds. The quantitative estimate of drug-likeness (QED) is 0.855. The van der Waals surface area contributed by atoms with Gasteiger partial charge in [-0.1, -0.05) is 13.0 Å². The van der Waals surface area contributed by atoms with Crippen LogP contribution in [0, 0.1) is 0 Å². The third-order valence-electron chi connectivity index (χ3n) is 2.45. The summed E-state index contributed by atoms with van der Waals surface area (Å²) in [6.07, 6.45) is 0.988. The van der Waals surface area contributed by atoms with Crippen molar-refractivity contribution in [1.82, 2.24) is 25.5 Å². The molecular weight excluding hydrogens is 222 g/mol. The van der Waals surface area contributed by atoms with E-state index in [1.807, 2.05) is 11.7 Å². The highest BCUT2D eigenvalue weighted by atomic mass is 32.1. The normalized spacial score (nSPS) is 12.9. The number of rotatable bonds is 5. The van der Waals surface area contributed by atoms with E-state index in [1.165, 1.54) is 4.88 Å². The zero-order valence-corrected chi connectivity index (χ0v) is 10.2. The first kappa shape index (κ1) is 11.2. The Morgan fingerprint density at radius 2 is 2.44 bits per heavy atom. The summed E-state index contributed by atoms with van der Waals surface area (Å²) in [5.74, 6) is 0.878. The van der Waals surface area contributed by atoms with Crippen LogP contribution < -0.4 is 5.32 Å². The Morgan fingerprint density at radius 1 is 1.56 bits per heavy atom. The maximum atomic E-state index is 4.08. The molecule has 0 spiro atoms. The van der Waals surface area contributed by atoms with Gasteiger partial charge in [0.1, 0.15) is 0 Å². The molecule has 0 fully saturated rings. The number of thiophene rings is 1. The van der Waals surface area contributed by atoms with Gasteiger partial charge in [0.25, 0.3) is 0 Å². The van der Waals surface area contributed by atoms with Gasteiger partial charge in [-0.25, -0.2) is 4.68 Å². The molecule has 86 valence electrons. The van der Waals surface area contributed by atoms with Crippen molar-refractivity contribution in [3.63, 3.8) is 0 Å². The van der Waals surface area contributed by atoms with Crippen molar-refractivity contribution in [2.45, 2.75) is 25.9 Å². The Balaban J connectivity index is 2.30. The Hall–Kier alpha value is -1.27. The Kier molecular flexibility index (Phi) is 3.63. The van der Waals surface area contributed by atoms with Crippen molar-refractivity contribution in [3.8, 4) is 0 Å². The molecule has 1 N–H and O–H groups in total. The van der Waals surface area contributed by atoms with E-state index in [-0.39, 0.29) is 6.04 Å². The Labute approximate surface area is 98.5 Å². The molecule has 0 saturated heterocycles. The third-order valence-corrected chi connectivity index (χ3v) is 3.42. The molecule has 16 heavy (non-hydrogen) atoms. The summed E-state index contributed by atoms with van der Waals surface area (Å²) in [6.45, 7) is 2.84. The average Bonchev–Trinajstić information content (AvgIpc) is 2.92. The first-order chi connectivity index (χ1) is 7.86. The number of tetrazole rings is 1. The maximum Gasteiger partial charge on any atom is 0.165 e. The van der Waals surface area contributed by atoms with Crippen LogP contribution in [0.4, 0.5) is 0 Å². The lowest BCUT2D eigenvalue weighted by atomic mass is 10.2. The highest BCUT2D eigenvalue weighted by Crippen LogP contribution is 2.25. The molecular formula is C10H15N5S. The molecule has 2 aromatic heterocycles. The predicted octanol–water partition coefficient (Wildman–Crippen LogP) is 1.45. The smallest absolute Gasteiger partial charge is 0.165 e. The number of nitrogens with one attached hydrogen (secondary N) is 1. The van der Waals surface area contributed by atoms with E-state index in [9.17, 15) is 0 Å². The van der Waals surface area contributed by atoms with Gasteiger partial charge in [0.2, 0.25) is 0 Å². The van der Waals surface area contributed by atoms with Gasteiger partial charge in [0, 0.05) is 4.88 Å². The lowest BCUT2D eigenvalue weighted by Gasteiger charge is -2.14. The molecule has 0 radical (unpaired) electrons. The van der Waals surface area contributed by atoms with Gasteiger partial charge < -0.3 is 5.32 Å². The van der Waals surface area contributed by atoms with Crippen molar-refractivity contribution in [2.75, 3.05) is 7.05 Å². The molecule has 0 saturated carbocycles. The highest BCUT2D eigenvalue weighted by molar-refractivity contribution is 7.10. The van der Waals surface area contributed by atoms with Crippen molar-refractivity contribution >= 4 is 11.3 Å². The zero-order valence-electron chi connectivity index (χ0n) is 9.42. The fourth-order valence-electron chi connectivity index (χ4n) is 1.70. The summed E-state index contributed by atoms with van der Waals surface area (Å²) in [4.78, 5) is 1.30. The second-order valence-electron chi connectivity index (χ2n) is 3.51. The Bertz CT molecular complexity index is 422. The lowest BCUT2D eigenvalue weighted by molar-refractivity contribution is 0.476. The van der Waals surface area contributed by atoms with Gasteiger partial charge in [-0.3, -0.25) is 0 Å². The van der Waals surface area contributed by atoms with Crippen molar-refractivity contribution in [2.24, 2.45) is 0 Å². The minimum atomic E-state index is 0.248. The maximum absolute atomic E-state index is 4.08. The van der Waals surface area contributed by atoms with Crippen LogP contribution in [0.1, 0.15) is 30.1 Å². The topological polar surface area (TPSA) is 55.6 Å². The lowest BCUT2D eigenvalue weighted by Crippen LogP contribution is -2.18. The standard InChI is InChI=1S/C10H15N5S/c1-3-8(9-5-4-6-16-9)15-10(7-11-2)12-13-14-15/h4-6,8,11H,3,7H2,1-2H3. The van der Waals surface area contributed by atoms with Gasteiger partial charge in [-0.05, 0) is 35.3 Å². The van der Waals surface area contributed by atoms with E-state index >= 15 is 0 Å². The summed E-state index contributed by atoms with van der Waals surface area (Å²) >= 11 is 1.74. The van der Waals surface area contributed by atoms with Crippen molar-refractivity contribution in [3.05, 3.63) is 28.2 Å². The molecule has 0 bridgehead atoms. The van der Waals surface area contributed by atoms with Crippen LogP contribution in [0.15, 0.2) is 17.5 Å². The molecule has 0 aromatic carbocycles. The van der Waals surface area contributed by atoms with Crippen molar-refractivity contribution < 1.29 is 0 Å². The van der Waals surface area contributed by atoms with Gasteiger partial charge in [0.05, 0.1) is 12.6 Å². The largest absolute Gasteiger partial charge is 0.313 e. The number of hydrogen-bond acceptors (Lipinski definition) is 5. The van der Waals surface area contributed by atoms with E-state index < -0.39 is 0 Å². The van der Waals surface area contributed by atoms with Gasteiger partial charge in [0.15, 0.2) is 5.82 Å². The SMILES string of the molecule is CCC(c1cccs1)n1nnnc1CNC. The van der Waals surface area contributed by atoms with Gasteiger partial charge in [-0.15, -0.1) is 16.4 Å². The molecule has 5 nitrogen and oxygen atoms in total. The van der Waals surface area contributed by atoms with Crippen LogP contribution in [-0.2, 0) is 6.54 Å². The molecule has 2 rings (SSSR count). The molecule has 6 heteroatoms. The summed E-state index contributed by atoms with van der Waals surface area (Å²) in [5, 5.41) is 17.0. The predicted molar refractivity (Wildman–Crippen MR) is 63.3 cm³/mol. The van der Waals surface area contributed by atoms with Crippen LogP contribution in [0.2, 0.25) is 0 Å². The van der Waals surface area contributed by atoms with Crippen LogP contribution in [-0.4, -0.2) is 27.3 Å². The summed E-state index contributed by atoms with van der Waals surface area (Å²) in [7, 11) is 1.89. The van der Waals surface area contributed by atoms with Gasteiger partial charge >= 0.3 is 0 Å². The van der Waals surface area contributed by atoms with Crippen LogP contribution in [0.5, 0.6) is 0 Å². The molecule has 1 atom stereocenters. The first-order valence-corrected chi connectivity index (χ1v) is 6.19. The first-order valence-electron chi connectivity index (χ1n) is 5.31. The average molecular weight is 237 g/mol. The van der Waals surface area contributed by atoms with E-state index in [0.29, 0.717) is 6.54 Å². The molecule has 0 aliphatic rings. The zero-order chi connectivity index (χ0) is 11.4. The number of aromatic nitrogens is 4. The van der Waals surface area contributed by atoms with E-state index in [0.717, 1.165) is 12.2 Å². The minimum absolute atomic E-state index is 0.248. The fourth-order valence-corrected chi connectivity index (χ4v) is 2.60. The number of nitrogens with zero attached hydrogens (tertiary/aromatic N) is 4. The molecule has 2 aromatic rings. The molecule has 0 aliphatic heterocycles. The second-order valence-corrected chi connectivity index (χ2v) is 4.49. The highest BCUT2D eigenvalue weighted by Gasteiger charge is 2.17. The molecule has 0 aliphatic carbocycles. The second kappa shape index (κ2) is 5.18. The van der Waals surface area contributed by atoms with Crippen molar-refractivity contribution in [1.29, 1.82) is 0 Å². The van der Waals surface area contributed by atoms with Crippen LogP contribution >= 0.6 is 11.3 Å². The monoisotopic (exact) mass is 237 g/mol. The minimum Gasteiger partial charge on any atom is -0.313 e. The molecule has 2 heterocycles. The van der Waals surface area contributed by atoms with Crippen LogP contribution in [0.25, 0.3) is 0 Å². The Morgan fingerprint density at radius 3 is 3.06 bits per heavy atom. The van der Waals surface area contributed by atoms with E-state index in [4.69, 9.17) is 0 Å². The summed E-state index contributed by atoms with van der Waals surface area (Å²) in [5.41, 5.74) is 0. The summed E-state index contributed by atoms with van der Waals surface area (Å²) in [6, 6.07) is 4.44. The fraction of sp³-hybridized carbons (Fsp3) is 0.500. The van der Waals surface area contributed by atoms with E-state index in [2.05, 4.69) is 45.3 Å². The van der Waals surface area contributed by atoms with Crippen LogP contribution in [0.3, 0.4) is 0 Å². The third kappa shape index (κ3) is 2.12. The molecule has 1 unspecified atom stereocenters. The van der Waals surface area contributed by atoms with E-state index in [1.54, 1.807) is 11.3 Å².